The number of hydrogen-bond donors (Lipinski definition) is 0. The minimum Gasteiger partial charge on any atom is -0.494 e. The number of rotatable bonds is 9. The Balaban J connectivity index is 1.73. The van der Waals surface area contributed by atoms with Crippen LogP contribution in [0.4, 0.5) is 0 Å². The van der Waals surface area contributed by atoms with Crippen molar-refractivity contribution in [3.05, 3.63) is 71.3 Å². The molecule has 4 rings (SSSR count). The lowest BCUT2D eigenvalue weighted by Crippen LogP contribution is -2.29. The van der Waals surface area contributed by atoms with Gasteiger partial charge in [-0.05, 0) is 43.7 Å². The largest absolute Gasteiger partial charge is 0.494 e. The van der Waals surface area contributed by atoms with E-state index in [1.54, 1.807) is 12.0 Å². The SMILES string of the molecule is CCOc1cccc(-c2nn(-c3ccccc3)cc2C=C2SC(=S)N(CCCOC)C2=O)c1. The summed E-state index contributed by atoms with van der Waals surface area (Å²) < 4.78 is 13.2. The lowest BCUT2D eigenvalue weighted by molar-refractivity contribution is -0.122. The van der Waals surface area contributed by atoms with E-state index in [4.69, 9.17) is 26.8 Å². The molecule has 0 N–H and O–H groups in total. The molecule has 2 heterocycles. The minimum absolute atomic E-state index is 0.0809. The fourth-order valence-electron chi connectivity index (χ4n) is 3.53. The highest BCUT2D eigenvalue weighted by atomic mass is 32.2. The van der Waals surface area contributed by atoms with Gasteiger partial charge in [0.15, 0.2) is 0 Å². The summed E-state index contributed by atoms with van der Waals surface area (Å²) in [6.45, 7) is 3.67. The van der Waals surface area contributed by atoms with Crippen molar-refractivity contribution in [3.8, 4) is 22.7 Å². The van der Waals surface area contributed by atoms with Gasteiger partial charge in [0, 0.05) is 37.6 Å². The fraction of sp³-hybridized carbons (Fsp3) is 0.240. The number of thioether (sulfide) groups is 1. The number of aromatic nitrogens is 2. The number of carbonyl (C=O) groups is 1. The summed E-state index contributed by atoms with van der Waals surface area (Å²) in [4.78, 5) is 15.3. The van der Waals surface area contributed by atoms with Gasteiger partial charge < -0.3 is 9.47 Å². The maximum absolute atomic E-state index is 13.0. The average molecular weight is 480 g/mol. The van der Waals surface area contributed by atoms with Crippen LogP contribution in [0.3, 0.4) is 0 Å². The van der Waals surface area contributed by atoms with Gasteiger partial charge in [0.25, 0.3) is 5.91 Å². The van der Waals surface area contributed by atoms with Crippen molar-refractivity contribution in [2.45, 2.75) is 13.3 Å². The first-order valence-electron chi connectivity index (χ1n) is 10.7. The standard InChI is InChI=1S/C25H25N3O3S2/c1-3-31-21-12-7-9-18(15-21)23-19(17-28(26-23)20-10-5-4-6-11-20)16-22-24(29)27(25(32)33-22)13-8-14-30-2/h4-7,9-12,15-17H,3,8,13-14H2,1-2H3. The number of amides is 1. The van der Waals surface area contributed by atoms with Crippen molar-refractivity contribution in [2.24, 2.45) is 0 Å². The third kappa shape index (κ3) is 5.35. The fourth-order valence-corrected chi connectivity index (χ4v) is 4.83. The van der Waals surface area contributed by atoms with Crippen LogP contribution < -0.4 is 4.74 Å². The van der Waals surface area contributed by atoms with Crippen molar-refractivity contribution in [1.82, 2.24) is 14.7 Å². The summed E-state index contributed by atoms with van der Waals surface area (Å²) in [6, 6.07) is 17.7. The molecule has 0 atom stereocenters. The normalized spacial score (nSPS) is 15.0. The highest BCUT2D eigenvalue weighted by Gasteiger charge is 2.32. The molecule has 0 radical (unpaired) electrons. The molecule has 1 aliphatic rings. The predicted molar refractivity (Wildman–Crippen MR) is 137 cm³/mol. The molecule has 8 heteroatoms. The third-order valence-corrected chi connectivity index (χ3v) is 6.45. The minimum atomic E-state index is -0.0809. The van der Waals surface area contributed by atoms with E-state index in [9.17, 15) is 4.79 Å². The second-order valence-electron chi connectivity index (χ2n) is 7.35. The van der Waals surface area contributed by atoms with Crippen LogP contribution in [-0.4, -0.2) is 51.8 Å². The molecule has 1 aliphatic heterocycles. The van der Waals surface area contributed by atoms with Gasteiger partial charge in [-0.3, -0.25) is 9.69 Å². The van der Waals surface area contributed by atoms with Gasteiger partial charge in [-0.2, -0.15) is 5.10 Å². The number of ether oxygens (including phenoxy) is 2. The van der Waals surface area contributed by atoms with Crippen LogP contribution in [-0.2, 0) is 9.53 Å². The second-order valence-corrected chi connectivity index (χ2v) is 9.03. The van der Waals surface area contributed by atoms with Crippen LogP contribution in [0.5, 0.6) is 5.75 Å². The Morgan fingerprint density at radius 2 is 1.97 bits per heavy atom. The number of thiocarbonyl (C=S) groups is 1. The highest BCUT2D eigenvalue weighted by molar-refractivity contribution is 8.26. The molecule has 2 aromatic carbocycles. The van der Waals surface area contributed by atoms with E-state index in [0.29, 0.717) is 29.0 Å². The van der Waals surface area contributed by atoms with E-state index in [2.05, 4.69) is 0 Å². The highest BCUT2D eigenvalue weighted by Crippen LogP contribution is 2.35. The van der Waals surface area contributed by atoms with Crippen molar-refractivity contribution in [1.29, 1.82) is 0 Å². The van der Waals surface area contributed by atoms with Gasteiger partial charge in [0.2, 0.25) is 0 Å². The van der Waals surface area contributed by atoms with Crippen molar-refractivity contribution in [3.63, 3.8) is 0 Å². The van der Waals surface area contributed by atoms with E-state index in [0.717, 1.165) is 34.7 Å². The molecule has 0 spiro atoms. The number of carbonyl (C=O) groups excluding carboxylic acids is 1. The first-order valence-corrected chi connectivity index (χ1v) is 12.0. The van der Waals surface area contributed by atoms with Crippen molar-refractivity contribution < 1.29 is 14.3 Å². The summed E-state index contributed by atoms with van der Waals surface area (Å²) in [6.07, 6.45) is 4.55. The zero-order valence-corrected chi connectivity index (χ0v) is 20.2. The summed E-state index contributed by atoms with van der Waals surface area (Å²) in [5.74, 6) is 0.697. The summed E-state index contributed by atoms with van der Waals surface area (Å²) >= 11 is 6.78. The van der Waals surface area contributed by atoms with E-state index < -0.39 is 0 Å². The molecule has 0 saturated carbocycles. The van der Waals surface area contributed by atoms with Gasteiger partial charge >= 0.3 is 0 Å². The molecular formula is C25H25N3O3S2. The van der Waals surface area contributed by atoms with Crippen LogP contribution in [0.15, 0.2) is 65.7 Å². The molecule has 3 aromatic rings. The predicted octanol–water partition coefficient (Wildman–Crippen LogP) is 5.18. The maximum Gasteiger partial charge on any atom is 0.266 e. The molecule has 1 amide bonds. The maximum atomic E-state index is 13.0. The number of para-hydroxylation sites is 1. The summed E-state index contributed by atoms with van der Waals surface area (Å²) in [5.41, 5.74) is 3.46. The second kappa shape index (κ2) is 10.8. The molecule has 33 heavy (non-hydrogen) atoms. The lowest BCUT2D eigenvalue weighted by Gasteiger charge is -2.13. The topological polar surface area (TPSA) is 56.6 Å². The van der Waals surface area contributed by atoms with Crippen LogP contribution in [0.25, 0.3) is 23.0 Å². The molecule has 6 nitrogen and oxygen atoms in total. The van der Waals surface area contributed by atoms with Gasteiger partial charge in [-0.15, -0.1) is 0 Å². The zero-order chi connectivity index (χ0) is 23.2. The number of nitrogens with zero attached hydrogens (tertiary/aromatic N) is 3. The number of hydrogen-bond acceptors (Lipinski definition) is 6. The van der Waals surface area contributed by atoms with Gasteiger partial charge in [0.1, 0.15) is 15.8 Å². The zero-order valence-electron chi connectivity index (χ0n) is 18.6. The molecule has 1 fully saturated rings. The van der Waals surface area contributed by atoms with Crippen LogP contribution >= 0.6 is 24.0 Å². The summed E-state index contributed by atoms with van der Waals surface area (Å²) in [5, 5.41) is 4.85. The Morgan fingerprint density at radius 3 is 2.73 bits per heavy atom. The van der Waals surface area contributed by atoms with Crippen LogP contribution in [0.1, 0.15) is 18.9 Å². The number of benzene rings is 2. The number of methoxy groups -OCH3 is 1. The van der Waals surface area contributed by atoms with Gasteiger partial charge in [-0.25, -0.2) is 4.68 Å². The van der Waals surface area contributed by atoms with Crippen LogP contribution in [0, 0.1) is 0 Å². The van der Waals surface area contributed by atoms with Crippen molar-refractivity contribution >= 4 is 40.3 Å². The molecule has 170 valence electrons. The molecule has 0 aliphatic carbocycles. The van der Waals surface area contributed by atoms with Crippen LogP contribution in [0.2, 0.25) is 0 Å². The van der Waals surface area contributed by atoms with Gasteiger partial charge in [-0.1, -0.05) is 54.3 Å². The molecular weight excluding hydrogens is 454 g/mol. The van der Waals surface area contributed by atoms with E-state index in [-0.39, 0.29) is 5.91 Å². The Hall–Kier alpha value is -2.94. The Bertz CT molecular complexity index is 1170. The van der Waals surface area contributed by atoms with E-state index in [1.165, 1.54) is 11.8 Å². The van der Waals surface area contributed by atoms with E-state index >= 15 is 0 Å². The third-order valence-electron chi connectivity index (χ3n) is 5.07. The molecule has 1 aromatic heterocycles. The Morgan fingerprint density at radius 1 is 1.15 bits per heavy atom. The molecule has 0 bridgehead atoms. The Labute approximate surface area is 203 Å². The van der Waals surface area contributed by atoms with Crippen molar-refractivity contribution in [2.75, 3.05) is 26.9 Å². The Kier molecular flexibility index (Phi) is 7.59. The molecule has 1 saturated heterocycles. The van der Waals surface area contributed by atoms with Gasteiger partial charge in [0.05, 0.1) is 17.2 Å². The average Bonchev–Trinajstić information content (AvgIpc) is 3.36. The summed E-state index contributed by atoms with van der Waals surface area (Å²) in [7, 11) is 1.65. The first-order chi connectivity index (χ1) is 16.1. The quantitative estimate of drug-likeness (QED) is 0.240. The monoisotopic (exact) mass is 479 g/mol. The lowest BCUT2D eigenvalue weighted by atomic mass is 10.1. The molecule has 0 unspecified atom stereocenters. The van der Waals surface area contributed by atoms with E-state index in [1.807, 2.05) is 78.5 Å². The smallest absolute Gasteiger partial charge is 0.266 e. The first kappa shape index (κ1) is 23.2.